The van der Waals surface area contributed by atoms with E-state index in [0.29, 0.717) is 5.92 Å². The van der Waals surface area contributed by atoms with Crippen molar-refractivity contribution in [3.8, 4) is 22.3 Å². The van der Waals surface area contributed by atoms with Crippen molar-refractivity contribution in [3.05, 3.63) is 167 Å². The molecule has 8 rings (SSSR count). The van der Waals surface area contributed by atoms with Crippen LogP contribution in [0.1, 0.15) is 111 Å². The molecular weight excluding hydrogens is 704 g/mol. The number of fused-ring (bicyclic) bond motifs is 3. The molecule has 0 unspecified atom stereocenters. The Labute approximate surface area is 314 Å². The van der Waals surface area contributed by atoms with Crippen LogP contribution in [0, 0.1) is 0 Å². The fraction of sp³-hybridized carbons (Fsp3) is 0.314. The Hall–Kier alpha value is -3.67. The summed E-state index contributed by atoms with van der Waals surface area (Å²) in [4.78, 5) is 0. The molecule has 0 aliphatic heterocycles. The van der Waals surface area contributed by atoms with Crippen LogP contribution in [0.25, 0.3) is 22.3 Å². The Morgan fingerprint density at radius 1 is 0.558 bits per heavy atom. The summed E-state index contributed by atoms with van der Waals surface area (Å²) in [5, 5.41) is 0. The first-order valence-corrected chi connectivity index (χ1v) is 26.9. The van der Waals surface area contributed by atoms with E-state index in [1.54, 1.807) is 8.83 Å². The summed E-state index contributed by atoms with van der Waals surface area (Å²) in [6.07, 6.45) is 16.1. The van der Waals surface area contributed by atoms with E-state index in [0.717, 1.165) is 0 Å². The molecule has 1 heteroatoms. The second kappa shape index (κ2) is 13.0. The van der Waals surface area contributed by atoms with Gasteiger partial charge in [-0.3, -0.25) is 0 Å². The summed E-state index contributed by atoms with van der Waals surface area (Å²) >= 11 is -5.08. The van der Waals surface area contributed by atoms with E-state index >= 15 is 0 Å². The molecule has 264 valence electrons. The van der Waals surface area contributed by atoms with Crippen molar-refractivity contribution < 1.29 is 18.3 Å². The second-order valence-corrected chi connectivity index (χ2v) is 32.1. The molecule has 0 radical (unpaired) electrons. The monoisotopic (exact) mass is 758 g/mol. The number of allylic oxidation sites excluding steroid dienone is 4. The van der Waals surface area contributed by atoms with Gasteiger partial charge in [0.2, 0.25) is 0 Å². The molecule has 3 aliphatic rings. The summed E-state index contributed by atoms with van der Waals surface area (Å²) in [5.74, 6) is 0.509. The number of hydrogen-bond acceptors (Lipinski definition) is 0. The van der Waals surface area contributed by atoms with Crippen LogP contribution in [0.15, 0.2) is 140 Å². The Kier molecular flexibility index (Phi) is 8.86. The molecule has 0 saturated heterocycles. The van der Waals surface area contributed by atoms with E-state index in [9.17, 15) is 0 Å². The van der Waals surface area contributed by atoms with Gasteiger partial charge in [-0.1, -0.05) is 0 Å². The molecule has 1 fully saturated rings. The number of rotatable bonds is 6. The van der Waals surface area contributed by atoms with E-state index < -0.39 is 18.3 Å². The van der Waals surface area contributed by atoms with Crippen molar-refractivity contribution in [2.45, 2.75) is 97.6 Å². The third-order valence-electron chi connectivity index (χ3n) is 13.2. The molecule has 3 aliphatic carbocycles. The van der Waals surface area contributed by atoms with Crippen LogP contribution in [-0.4, -0.2) is 4.21 Å². The summed E-state index contributed by atoms with van der Waals surface area (Å²) in [5.41, 5.74) is 13.0. The van der Waals surface area contributed by atoms with Gasteiger partial charge in [0.15, 0.2) is 0 Å². The first kappa shape index (κ1) is 35.4. The van der Waals surface area contributed by atoms with E-state index in [2.05, 4.69) is 181 Å². The van der Waals surface area contributed by atoms with Gasteiger partial charge in [0.1, 0.15) is 0 Å². The molecule has 0 amide bonds. The Morgan fingerprint density at radius 2 is 1.10 bits per heavy atom. The van der Waals surface area contributed by atoms with E-state index in [4.69, 9.17) is 4.21 Å². The van der Waals surface area contributed by atoms with Gasteiger partial charge in [-0.15, -0.1) is 0 Å². The van der Waals surface area contributed by atoms with Gasteiger partial charge >= 0.3 is 316 Å². The molecule has 0 spiro atoms. The van der Waals surface area contributed by atoms with Crippen molar-refractivity contribution in [3.63, 3.8) is 0 Å². The number of benzene rings is 5. The molecule has 0 bridgehead atoms. The second-order valence-electron chi connectivity index (χ2n) is 18.3. The maximum absolute atomic E-state index is 6.08. The molecule has 5 aromatic carbocycles. The van der Waals surface area contributed by atoms with Gasteiger partial charge in [0.25, 0.3) is 0 Å². The van der Waals surface area contributed by atoms with E-state index in [1.165, 1.54) is 79.9 Å². The molecule has 0 heterocycles. The van der Waals surface area contributed by atoms with Crippen LogP contribution in [0.3, 0.4) is 0 Å². The van der Waals surface area contributed by atoms with Crippen molar-refractivity contribution in [1.82, 2.24) is 0 Å². The van der Waals surface area contributed by atoms with Gasteiger partial charge < -0.3 is 0 Å². The molecule has 0 nitrogen and oxygen atoms in total. The van der Waals surface area contributed by atoms with Gasteiger partial charge in [0.05, 0.1) is 0 Å². The van der Waals surface area contributed by atoms with Crippen molar-refractivity contribution in [2.24, 2.45) is 0 Å². The summed E-state index contributed by atoms with van der Waals surface area (Å²) in [6, 6.07) is 45.4. The molecule has 0 aromatic heterocycles. The molecular formula is C51H56Zr. The number of hydrogen-bond donors (Lipinski definition) is 0. The first-order chi connectivity index (χ1) is 24.9. The molecule has 0 N–H and O–H groups in total. The van der Waals surface area contributed by atoms with Gasteiger partial charge in [-0.25, -0.2) is 0 Å². The van der Waals surface area contributed by atoms with Crippen LogP contribution < -0.4 is 6.54 Å². The Balaban J connectivity index is 1.59. The quantitative estimate of drug-likeness (QED) is 0.162. The summed E-state index contributed by atoms with van der Waals surface area (Å²) in [6.45, 7) is 14.2. The minimum atomic E-state index is -5.08. The third-order valence-corrected chi connectivity index (χ3v) is 31.0. The van der Waals surface area contributed by atoms with Gasteiger partial charge in [-0.05, 0) is 0 Å². The Bertz CT molecular complexity index is 2170. The zero-order chi connectivity index (χ0) is 36.3. The SMILES string of the molecule is [CH2]=[Zr]([c]1ccccc1)([c]1cccc(-c2ccccc2)c1C1CCCCC1)([CH]1C=CC=C1)[CH]1c2cc(C(C)(C)C)ccc2-c2ccc(C(C)(C)C)cc21. The molecule has 5 aromatic rings. The van der Waals surface area contributed by atoms with Gasteiger partial charge in [-0.2, -0.15) is 0 Å². The molecule has 52 heavy (non-hydrogen) atoms. The van der Waals surface area contributed by atoms with Crippen molar-refractivity contribution in [1.29, 1.82) is 0 Å². The Morgan fingerprint density at radius 3 is 1.63 bits per heavy atom. The van der Waals surface area contributed by atoms with E-state index in [-0.39, 0.29) is 18.1 Å². The summed E-state index contributed by atoms with van der Waals surface area (Å²) < 4.78 is 9.54. The van der Waals surface area contributed by atoms with Crippen LogP contribution in [0.5, 0.6) is 0 Å². The average molecular weight is 760 g/mol. The van der Waals surface area contributed by atoms with Crippen molar-refractivity contribution >= 4 is 10.8 Å². The topological polar surface area (TPSA) is 0 Å². The standard InChI is InChI=1S/C21H25.C18H19.C6H5.C5H5.CH2.Zr/c1-20(2,3)16-7-9-18-14(12-16)11-15-13-17(21(4,5)6)8-10-19(15)18;1-3-9-15(10-4-1)17-13-7-8-14-18(17)16-11-5-2-6-12-16;1-2-4-6-5-3-1;1-2-4-5-3-1;;/h7-13H,1-6H3;1,3-4,7-10,13,16H,2,5-6,11-12H2;1-5H;1-5H;1H2;. The van der Waals surface area contributed by atoms with Crippen LogP contribution >= 0.6 is 0 Å². The maximum atomic E-state index is 6.08. The summed E-state index contributed by atoms with van der Waals surface area (Å²) in [7, 11) is 0. The minimum absolute atomic E-state index is 0.0256. The van der Waals surface area contributed by atoms with E-state index in [1.807, 2.05) is 0 Å². The molecule has 0 atom stereocenters. The molecule has 1 saturated carbocycles. The fourth-order valence-corrected chi connectivity index (χ4v) is 28.9. The van der Waals surface area contributed by atoms with Crippen molar-refractivity contribution in [2.75, 3.05) is 0 Å². The van der Waals surface area contributed by atoms with Gasteiger partial charge in [0, 0.05) is 0 Å². The van der Waals surface area contributed by atoms with Crippen LogP contribution in [-0.2, 0) is 29.1 Å². The zero-order valence-corrected chi connectivity index (χ0v) is 34.7. The normalized spacial score (nSPS) is 17.1. The fourth-order valence-electron chi connectivity index (χ4n) is 10.4. The predicted octanol–water partition coefficient (Wildman–Crippen LogP) is 12.8. The van der Waals surface area contributed by atoms with Crippen LogP contribution in [0.2, 0.25) is 3.63 Å². The average Bonchev–Trinajstić information content (AvgIpc) is 3.82. The predicted molar refractivity (Wildman–Crippen MR) is 224 cm³/mol. The zero-order valence-electron chi connectivity index (χ0n) is 32.3. The van der Waals surface area contributed by atoms with Crippen LogP contribution in [0.4, 0.5) is 0 Å². The first-order valence-electron chi connectivity index (χ1n) is 19.8. The third kappa shape index (κ3) is 5.52.